The first-order valence-electron chi connectivity index (χ1n) is 6.41. The van der Waals surface area contributed by atoms with Crippen LogP contribution in [0.4, 0.5) is 23.2 Å². The molecule has 0 saturated heterocycles. The molecule has 1 aliphatic rings. The van der Waals surface area contributed by atoms with Crippen LogP contribution in [0.25, 0.3) is 0 Å². The van der Waals surface area contributed by atoms with E-state index in [4.69, 9.17) is 4.74 Å². The van der Waals surface area contributed by atoms with Crippen LogP contribution in [0.1, 0.15) is 11.1 Å². The summed E-state index contributed by atoms with van der Waals surface area (Å²) in [5, 5.41) is 9.35. The van der Waals surface area contributed by atoms with Crippen molar-refractivity contribution in [3.05, 3.63) is 53.3 Å². The van der Waals surface area contributed by atoms with E-state index in [1.54, 1.807) is 4.90 Å². The van der Waals surface area contributed by atoms with Gasteiger partial charge in [0.2, 0.25) is 0 Å². The van der Waals surface area contributed by atoms with Gasteiger partial charge in [0.25, 0.3) is 0 Å². The Hall–Kier alpha value is -2.44. The maximum atomic E-state index is 13.0. The number of benzene rings is 2. The van der Waals surface area contributed by atoms with Gasteiger partial charge >= 0.3 is 6.18 Å². The fraction of sp³-hybridized carbons (Fsp3) is 0.200. The summed E-state index contributed by atoms with van der Waals surface area (Å²) in [7, 11) is 0. The Morgan fingerprint density at radius 2 is 1.91 bits per heavy atom. The minimum atomic E-state index is -4.43. The highest BCUT2D eigenvalue weighted by Crippen LogP contribution is 2.40. The van der Waals surface area contributed by atoms with E-state index in [0.29, 0.717) is 17.0 Å². The molecule has 3 nitrogen and oxygen atoms in total. The lowest BCUT2D eigenvalue weighted by atomic mass is 10.1. The molecule has 0 spiro atoms. The minimum Gasteiger partial charge on any atom is -0.505 e. The molecule has 0 radical (unpaired) electrons. The molecule has 1 heterocycles. The van der Waals surface area contributed by atoms with Crippen molar-refractivity contribution < 1.29 is 27.4 Å². The molecule has 2 aromatic rings. The zero-order chi connectivity index (χ0) is 15.9. The largest absolute Gasteiger partial charge is 0.505 e. The van der Waals surface area contributed by atoms with Gasteiger partial charge in [-0.2, -0.15) is 13.2 Å². The summed E-state index contributed by atoms with van der Waals surface area (Å²) >= 11 is 0. The molecule has 2 aromatic carbocycles. The first kappa shape index (κ1) is 14.5. The molecule has 22 heavy (non-hydrogen) atoms. The van der Waals surface area contributed by atoms with Crippen molar-refractivity contribution in [3.8, 4) is 11.5 Å². The van der Waals surface area contributed by atoms with Gasteiger partial charge in [-0.1, -0.05) is 6.07 Å². The molecule has 1 N–H and O–H groups in total. The number of phenolic OH excluding ortho intramolecular Hbond substituents is 1. The molecular weight excluding hydrogens is 302 g/mol. The monoisotopic (exact) mass is 313 g/mol. The average molecular weight is 313 g/mol. The fourth-order valence-electron chi connectivity index (χ4n) is 2.29. The SMILES string of the molecule is Oc1cc(CN2COc3ccc(C(F)(F)F)cc32)ccc1F. The quantitative estimate of drug-likeness (QED) is 0.853. The predicted octanol–water partition coefficient (Wildman–Crippen LogP) is 3.91. The highest BCUT2D eigenvalue weighted by atomic mass is 19.4. The first-order valence-corrected chi connectivity index (χ1v) is 6.41. The van der Waals surface area contributed by atoms with Crippen LogP contribution in [-0.2, 0) is 12.7 Å². The Balaban J connectivity index is 1.88. The summed E-state index contributed by atoms with van der Waals surface area (Å²) in [6.07, 6.45) is -4.43. The van der Waals surface area contributed by atoms with Crippen molar-refractivity contribution in [1.29, 1.82) is 0 Å². The van der Waals surface area contributed by atoms with Gasteiger partial charge in [0, 0.05) is 6.54 Å². The van der Waals surface area contributed by atoms with Crippen molar-refractivity contribution in [2.75, 3.05) is 11.6 Å². The summed E-state index contributed by atoms with van der Waals surface area (Å²) in [4.78, 5) is 1.58. The van der Waals surface area contributed by atoms with Crippen LogP contribution in [0.3, 0.4) is 0 Å². The van der Waals surface area contributed by atoms with Gasteiger partial charge in [0.1, 0.15) is 5.75 Å². The van der Waals surface area contributed by atoms with Gasteiger partial charge in [-0.15, -0.1) is 0 Å². The summed E-state index contributed by atoms with van der Waals surface area (Å²) in [5.74, 6) is -0.887. The molecule has 0 fully saturated rings. The van der Waals surface area contributed by atoms with Crippen LogP contribution in [0, 0.1) is 5.82 Å². The van der Waals surface area contributed by atoms with E-state index in [9.17, 15) is 22.7 Å². The number of fused-ring (bicyclic) bond motifs is 1. The molecular formula is C15H11F4NO2. The molecule has 0 aromatic heterocycles. The molecule has 0 aliphatic carbocycles. The molecule has 116 valence electrons. The van der Waals surface area contributed by atoms with E-state index in [1.165, 1.54) is 18.2 Å². The van der Waals surface area contributed by atoms with Crippen LogP contribution in [0.2, 0.25) is 0 Å². The van der Waals surface area contributed by atoms with Gasteiger partial charge in [0.05, 0.1) is 11.3 Å². The second-order valence-corrected chi connectivity index (χ2v) is 4.94. The summed E-state index contributed by atoms with van der Waals surface area (Å²) in [5.41, 5.74) is 0.120. The lowest BCUT2D eigenvalue weighted by molar-refractivity contribution is -0.137. The van der Waals surface area contributed by atoms with E-state index in [1.807, 2.05) is 0 Å². The van der Waals surface area contributed by atoms with Crippen molar-refractivity contribution in [2.24, 2.45) is 0 Å². The Morgan fingerprint density at radius 3 is 2.59 bits per heavy atom. The molecule has 7 heteroatoms. The topological polar surface area (TPSA) is 32.7 Å². The molecule has 0 atom stereocenters. The van der Waals surface area contributed by atoms with Crippen LogP contribution < -0.4 is 9.64 Å². The van der Waals surface area contributed by atoms with Gasteiger partial charge < -0.3 is 14.7 Å². The molecule has 3 rings (SSSR count). The number of hydrogen-bond acceptors (Lipinski definition) is 3. The number of ether oxygens (including phenoxy) is 1. The van der Waals surface area contributed by atoms with Crippen LogP contribution in [0.5, 0.6) is 11.5 Å². The minimum absolute atomic E-state index is 0.0920. The summed E-state index contributed by atoms with van der Waals surface area (Å²) in [6, 6.07) is 7.06. The van der Waals surface area contributed by atoms with Crippen LogP contribution in [-0.4, -0.2) is 11.8 Å². The lowest BCUT2D eigenvalue weighted by Crippen LogP contribution is -2.21. The van der Waals surface area contributed by atoms with E-state index >= 15 is 0 Å². The van der Waals surface area contributed by atoms with Crippen molar-refractivity contribution in [1.82, 2.24) is 0 Å². The third kappa shape index (κ3) is 2.66. The Morgan fingerprint density at radius 1 is 1.14 bits per heavy atom. The van der Waals surface area contributed by atoms with E-state index in [0.717, 1.165) is 18.2 Å². The number of alkyl halides is 3. The van der Waals surface area contributed by atoms with Gasteiger partial charge in [0.15, 0.2) is 18.3 Å². The zero-order valence-corrected chi connectivity index (χ0v) is 11.2. The number of halogens is 4. The number of phenols is 1. The van der Waals surface area contributed by atoms with E-state index in [2.05, 4.69) is 0 Å². The Bertz CT molecular complexity index is 715. The highest BCUT2D eigenvalue weighted by molar-refractivity contribution is 5.63. The van der Waals surface area contributed by atoms with Crippen molar-refractivity contribution in [3.63, 3.8) is 0 Å². The third-order valence-corrected chi connectivity index (χ3v) is 3.39. The number of rotatable bonds is 2. The predicted molar refractivity (Wildman–Crippen MR) is 71.2 cm³/mol. The third-order valence-electron chi connectivity index (χ3n) is 3.39. The number of hydrogen-bond donors (Lipinski definition) is 1. The number of anilines is 1. The Labute approximate surface area is 123 Å². The maximum Gasteiger partial charge on any atom is 0.416 e. The van der Waals surface area contributed by atoms with E-state index in [-0.39, 0.29) is 13.3 Å². The van der Waals surface area contributed by atoms with Gasteiger partial charge in [-0.05, 0) is 35.9 Å². The standard InChI is InChI=1S/C15H11F4NO2/c16-11-3-1-9(5-13(11)21)7-20-8-22-14-4-2-10(6-12(14)20)15(17,18)19/h1-6,21H,7-8H2. The van der Waals surface area contributed by atoms with Crippen LogP contribution in [0.15, 0.2) is 36.4 Å². The smallest absolute Gasteiger partial charge is 0.416 e. The molecule has 0 unspecified atom stereocenters. The second-order valence-electron chi connectivity index (χ2n) is 4.94. The second kappa shape index (κ2) is 5.08. The normalized spacial score (nSPS) is 13.9. The zero-order valence-electron chi connectivity index (χ0n) is 11.2. The molecule has 1 aliphatic heterocycles. The highest BCUT2D eigenvalue weighted by Gasteiger charge is 2.33. The van der Waals surface area contributed by atoms with Gasteiger partial charge in [-0.3, -0.25) is 0 Å². The van der Waals surface area contributed by atoms with Gasteiger partial charge in [-0.25, -0.2) is 4.39 Å². The Kier molecular flexibility index (Phi) is 3.35. The van der Waals surface area contributed by atoms with E-state index < -0.39 is 23.3 Å². The number of nitrogens with zero attached hydrogens (tertiary/aromatic N) is 1. The molecule has 0 bridgehead atoms. The van der Waals surface area contributed by atoms with Crippen molar-refractivity contribution >= 4 is 5.69 Å². The first-order chi connectivity index (χ1) is 10.3. The van der Waals surface area contributed by atoms with Crippen LogP contribution >= 0.6 is 0 Å². The molecule has 0 saturated carbocycles. The summed E-state index contributed by atoms with van der Waals surface area (Å²) in [6.45, 7) is 0.289. The lowest BCUT2D eigenvalue weighted by Gasteiger charge is -2.18. The fourth-order valence-corrected chi connectivity index (χ4v) is 2.29. The average Bonchev–Trinajstić information content (AvgIpc) is 2.84. The van der Waals surface area contributed by atoms with Crippen molar-refractivity contribution in [2.45, 2.75) is 12.7 Å². The summed E-state index contributed by atoms with van der Waals surface area (Å²) < 4.78 is 56.7. The molecule has 0 amide bonds. The maximum absolute atomic E-state index is 13.0. The number of aromatic hydroxyl groups is 1.